The summed E-state index contributed by atoms with van der Waals surface area (Å²) in [5, 5.41) is 19.1. The molecule has 1 atom stereocenters. The van der Waals surface area contributed by atoms with E-state index in [-0.39, 0.29) is 35.5 Å². The first-order valence-corrected chi connectivity index (χ1v) is 11.4. The van der Waals surface area contributed by atoms with Crippen molar-refractivity contribution in [2.75, 3.05) is 0 Å². The maximum atomic E-state index is 12.5. The molecule has 2 aromatic rings. The topological polar surface area (TPSA) is 110 Å². The molecule has 0 fully saturated rings. The van der Waals surface area contributed by atoms with Crippen molar-refractivity contribution in [3.05, 3.63) is 64.7 Å². The van der Waals surface area contributed by atoms with Gasteiger partial charge in [0, 0.05) is 12.5 Å². The van der Waals surface area contributed by atoms with Crippen LogP contribution in [-0.4, -0.2) is 34.0 Å². The van der Waals surface area contributed by atoms with Crippen LogP contribution in [0.5, 0.6) is 17.2 Å². The van der Waals surface area contributed by atoms with Gasteiger partial charge >= 0.3 is 11.9 Å². The summed E-state index contributed by atoms with van der Waals surface area (Å²) in [4.78, 5) is 36.9. The molecule has 0 bridgehead atoms. The van der Waals surface area contributed by atoms with Gasteiger partial charge in [-0.2, -0.15) is 0 Å². The number of carbonyl (C=O) groups excluding carboxylic acids is 3. The number of ether oxygens (including phenoxy) is 2. The number of ketones is 1. The van der Waals surface area contributed by atoms with E-state index in [2.05, 4.69) is 0 Å². The first kappa shape index (κ1) is 25.7. The highest BCUT2D eigenvalue weighted by atomic mass is 16.5. The van der Waals surface area contributed by atoms with Crippen molar-refractivity contribution in [3.8, 4) is 17.2 Å². The Morgan fingerprint density at radius 3 is 2.14 bits per heavy atom. The number of allylic oxidation sites excluding steroid dienone is 1. The van der Waals surface area contributed by atoms with E-state index in [0.29, 0.717) is 23.3 Å². The van der Waals surface area contributed by atoms with Gasteiger partial charge < -0.3 is 19.7 Å². The second-order valence-corrected chi connectivity index (χ2v) is 9.34. The molecule has 0 spiro atoms. The third-order valence-corrected chi connectivity index (χ3v) is 6.25. The number of Topliss-reactive ketones (excluding diaryl/α,β-unsaturated/α-hetero) is 1. The Kier molecular flexibility index (Phi) is 7.79. The van der Waals surface area contributed by atoms with Crippen LogP contribution in [0.3, 0.4) is 0 Å². The minimum Gasteiger partial charge on any atom is -0.508 e. The van der Waals surface area contributed by atoms with Crippen molar-refractivity contribution in [2.24, 2.45) is 5.41 Å². The number of esters is 2. The number of phenols is 2. The van der Waals surface area contributed by atoms with Gasteiger partial charge in [0.05, 0.1) is 12.8 Å². The molecule has 0 radical (unpaired) electrons. The summed E-state index contributed by atoms with van der Waals surface area (Å²) in [6.45, 7) is 7.68. The lowest BCUT2D eigenvalue weighted by Gasteiger charge is -2.35. The van der Waals surface area contributed by atoms with E-state index < -0.39 is 18.0 Å². The van der Waals surface area contributed by atoms with Crippen molar-refractivity contribution in [2.45, 2.75) is 53.1 Å². The zero-order valence-electron chi connectivity index (χ0n) is 20.3. The second-order valence-electron chi connectivity index (χ2n) is 9.34. The van der Waals surface area contributed by atoms with Crippen LogP contribution in [0, 0.1) is 5.41 Å². The normalized spacial score (nSPS) is 17.5. The summed E-state index contributed by atoms with van der Waals surface area (Å²) in [6, 6.07) is 11.0. The van der Waals surface area contributed by atoms with Gasteiger partial charge in [0.1, 0.15) is 17.2 Å². The highest BCUT2D eigenvalue weighted by Gasteiger charge is 2.38. The third kappa shape index (κ3) is 6.82. The Balaban J connectivity index is 1.48. The van der Waals surface area contributed by atoms with Crippen LogP contribution < -0.4 is 4.74 Å². The summed E-state index contributed by atoms with van der Waals surface area (Å²) >= 11 is 0. The van der Waals surface area contributed by atoms with Gasteiger partial charge in [-0.3, -0.25) is 14.4 Å². The molecule has 35 heavy (non-hydrogen) atoms. The lowest BCUT2D eigenvalue weighted by atomic mass is 9.72. The zero-order chi connectivity index (χ0) is 25.8. The number of aromatic hydroxyl groups is 2. The predicted octanol–water partition coefficient (Wildman–Crippen LogP) is 5.20. The van der Waals surface area contributed by atoms with Crippen molar-refractivity contribution in [1.29, 1.82) is 0 Å². The van der Waals surface area contributed by atoms with E-state index in [1.165, 1.54) is 18.2 Å². The van der Waals surface area contributed by atoms with Crippen LogP contribution in [0.25, 0.3) is 12.2 Å². The van der Waals surface area contributed by atoms with Crippen molar-refractivity contribution in [3.63, 3.8) is 0 Å². The Bertz CT molecular complexity index is 1170. The predicted molar refractivity (Wildman–Crippen MR) is 132 cm³/mol. The molecular weight excluding hydrogens is 448 g/mol. The quantitative estimate of drug-likeness (QED) is 0.320. The number of phenolic OH excluding ortho intramolecular Hbond substituents is 2. The smallest absolute Gasteiger partial charge is 0.311 e. The minimum absolute atomic E-state index is 0.0352. The molecule has 0 amide bonds. The van der Waals surface area contributed by atoms with Crippen LogP contribution >= 0.6 is 0 Å². The van der Waals surface area contributed by atoms with Crippen LogP contribution in [0.2, 0.25) is 0 Å². The number of rotatable bonds is 7. The largest absolute Gasteiger partial charge is 0.508 e. The number of hydrogen-bond donors (Lipinski definition) is 2. The van der Waals surface area contributed by atoms with Gasteiger partial charge in [0.15, 0.2) is 11.9 Å². The van der Waals surface area contributed by atoms with Crippen molar-refractivity contribution < 1.29 is 34.1 Å². The summed E-state index contributed by atoms with van der Waals surface area (Å²) < 4.78 is 10.7. The van der Waals surface area contributed by atoms with Crippen LogP contribution in [0.15, 0.2) is 53.6 Å². The molecule has 0 heterocycles. The van der Waals surface area contributed by atoms with Gasteiger partial charge in [-0.15, -0.1) is 0 Å². The summed E-state index contributed by atoms with van der Waals surface area (Å²) in [7, 11) is 0. The van der Waals surface area contributed by atoms with E-state index in [1.807, 2.05) is 20.8 Å². The van der Waals surface area contributed by atoms with E-state index in [4.69, 9.17) is 9.47 Å². The summed E-state index contributed by atoms with van der Waals surface area (Å²) in [5.41, 5.74) is 2.82. The van der Waals surface area contributed by atoms with Crippen LogP contribution in [-0.2, 0) is 19.1 Å². The highest BCUT2D eigenvalue weighted by Crippen LogP contribution is 2.39. The van der Waals surface area contributed by atoms with Crippen LogP contribution in [0.1, 0.15) is 58.1 Å². The fraction of sp³-hybridized carbons (Fsp3) is 0.321. The van der Waals surface area contributed by atoms with E-state index >= 15 is 0 Å². The molecule has 0 saturated heterocycles. The molecule has 3 rings (SSSR count). The molecular formula is C28H30O7. The fourth-order valence-electron chi connectivity index (χ4n) is 3.90. The molecule has 2 aromatic carbocycles. The SMILES string of the molecule is CC1=C(C)C(C)(C)CC(OC(=O)CCC(=O)Oc2ccc(/C=C/c3cc(O)cc(O)c3)cc2)C1=O. The Morgan fingerprint density at radius 1 is 0.943 bits per heavy atom. The maximum Gasteiger partial charge on any atom is 0.311 e. The first-order valence-electron chi connectivity index (χ1n) is 11.4. The van der Waals surface area contributed by atoms with Crippen LogP contribution in [0.4, 0.5) is 0 Å². The van der Waals surface area contributed by atoms with E-state index in [1.54, 1.807) is 43.3 Å². The van der Waals surface area contributed by atoms with Gasteiger partial charge in [-0.05, 0) is 60.2 Å². The third-order valence-electron chi connectivity index (χ3n) is 6.25. The van der Waals surface area contributed by atoms with E-state index in [9.17, 15) is 24.6 Å². The molecule has 184 valence electrons. The zero-order valence-corrected chi connectivity index (χ0v) is 20.3. The summed E-state index contributed by atoms with van der Waals surface area (Å²) in [6.07, 6.45) is 2.74. The molecule has 7 heteroatoms. The standard InChI is InChI=1S/C28H30O7/c1-17-18(2)28(3,4)16-24(27(17)33)35-26(32)12-11-25(31)34-23-9-7-19(8-10-23)5-6-20-13-21(29)15-22(30)14-20/h5-10,13-15,24,29-30H,11-12,16H2,1-4H3/b6-5+. The summed E-state index contributed by atoms with van der Waals surface area (Å²) in [5.74, 6) is -1.12. The first-order chi connectivity index (χ1) is 16.4. The second kappa shape index (κ2) is 10.6. The fourth-order valence-corrected chi connectivity index (χ4v) is 3.90. The molecule has 1 aliphatic carbocycles. The molecule has 0 aromatic heterocycles. The minimum atomic E-state index is -0.832. The average Bonchev–Trinajstić information content (AvgIpc) is 2.79. The monoisotopic (exact) mass is 478 g/mol. The van der Waals surface area contributed by atoms with Gasteiger partial charge in [-0.1, -0.05) is 43.7 Å². The molecule has 1 unspecified atom stereocenters. The number of hydrogen-bond acceptors (Lipinski definition) is 7. The number of carbonyl (C=O) groups is 3. The van der Waals surface area contributed by atoms with Crippen molar-refractivity contribution >= 4 is 29.9 Å². The molecule has 1 aliphatic rings. The molecule has 0 saturated carbocycles. The Labute approximate surface area is 204 Å². The van der Waals surface area contributed by atoms with E-state index in [0.717, 1.165) is 11.1 Å². The van der Waals surface area contributed by atoms with Gasteiger partial charge in [0.25, 0.3) is 0 Å². The molecule has 7 nitrogen and oxygen atoms in total. The molecule has 2 N–H and O–H groups in total. The number of benzene rings is 2. The highest BCUT2D eigenvalue weighted by molar-refractivity contribution is 6.01. The van der Waals surface area contributed by atoms with Crippen molar-refractivity contribution in [1.82, 2.24) is 0 Å². The average molecular weight is 479 g/mol. The van der Waals surface area contributed by atoms with Gasteiger partial charge in [0.2, 0.25) is 0 Å². The van der Waals surface area contributed by atoms with Gasteiger partial charge in [-0.25, -0.2) is 0 Å². The molecule has 0 aliphatic heterocycles. The Morgan fingerprint density at radius 2 is 1.51 bits per heavy atom. The maximum absolute atomic E-state index is 12.5. The Hall–Kier alpha value is -3.87. The lowest BCUT2D eigenvalue weighted by molar-refractivity contribution is -0.157. The lowest BCUT2D eigenvalue weighted by Crippen LogP contribution is -2.38.